The van der Waals surface area contributed by atoms with Crippen LogP contribution in [0.5, 0.6) is 0 Å². The van der Waals surface area contributed by atoms with E-state index < -0.39 is 0 Å². The largest absolute Gasteiger partial charge is 0.310 e. The third-order valence-corrected chi connectivity index (χ3v) is 3.37. The van der Waals surface area contributed by atoms with E-state index in [9.17, 15) is 4.39 Å². The van der Waals surface area contributed by atoms with Crippen molar-refractivity contribution < 1.29 is 4.39 Å². The molecule has 0 spiro atoms. The molecule has 0 bridgehead atoms. The fourth-order valence-electron chi connectivity index (χ4n) is 1.96. The molecule has 2 nitrogen and oxygen atoms in total. The first kappa shape index (κ1) is 14.0. The Kier molecular flexibility index (Phi) is 4.88. The Labute approximate surface area is 117 Å². The third kappa shape index (κ3) is 3.75. The van der Waals surface area contributed by atoms with Gasteiger partial charge in [-0.3, -0.25) is 0 Å². The molecule has 1 aromatic heterocycles. The van der Waals surface area contributed by atoms with E-state index in [4.69, 9.17) is 11.6 Å². The molecule has 2 rings (SSSR count). The van der Waals surface area contributed by atoms with Crippen molar-refractivity contribution in [1.29, 1.82) is 0 Å². The maximum Gasteiger partial charge on any atom is 0.133 e. The molecule has 4 heteroatoms. The zero-order valence-electron chi connectivity index (χ0n) is 10.7. The maximum atomic E-state index is 13.4. The van der Waals surface area contributed by atoms with E-state index in [0.29, 0.717) is 18.1 Å². The smallest absolute Gasteiger partial charge is 0.133 e. The molecule has 100 valence electrons. The predicted octanol–water partition coefficient (Wildman–Crippen LogP) is 3.77. The van der Waals surface area contributed by atoms with Gasteiger partial charge >= 0.3 is 0 Å². The number of nitrogens with zero attached hydrogens (tertiary/aromatic N) is 1. The lowest BCUT2D eigenvalue weighted by Crippen LogP contribution is -2.22. The van der Waals surface area contributed by atoms with Crippen LogP contribution >= 0.6 is 11.6 Å². The van der Waals surface area contributed by atoms with E-state index in [1.165, 1.54) is 6.07 Å². The van der Waals surface area contributed by atoms with Crippen LogP contribution in [0.3, 0.4) is 0 Å². The number of nitrogens with one attached hydrogen (secondary N) is 1. The summed E-state index contributed by atoms with van der Waals surface area (Å²) >= 11 is 6.03. The monoisotopic (exact) mass is 278 g/mol. The van der Waals surface area contributed by atoms with Gasteiger partial charge in [-0.25, -0.2) is 9.37 Å². The highest BCUT2D eigenvalue weighted by atomic mass is 35.5. The molecule has 0 aliphatic heterocycles. The first-order valence-electron chi connectivity index (χ1n) is 6.25. The third-order valence-electron chi connectivity index (χ3n) is 3.06. The number of aromatic nitrogens is 1. The van der Waals surface area contributed by atoms with Gasteiger partial charge in [0.05, 0.1) is 0 Å². The fraction of sp³-hybridized carbons (Fsp3) is 0.267. The van der Waals surface area contributed by atoms with Gasteiger partial charge in [-0.05, 0) is 37.6 Å². The van der Waals surface area contributed by atoms with E-state index in [1.807, 2.05) is 25.1 Å². The van der Waals surface area contributed by atoms with E-state index in [1.54, 1.807) is 18.3 Å². The average Bonchev–Trinajstić information content (AvgIpc) is 2.41. The van der Waals surface area contributed by atoms with Gasteiger partial charge in [0.25, 0.3) is 0 Å². The number of rotatable bonds is 5. The molecule has 1 N–H and O–H groups in total. The van der Waals surface area contributed by atoms with Crippen molar-refractivity contribution in [2.45, 2.75) is 19.4 Å². The summed E-state index contributed by atoms with van der Waals surface area (Å²) in [5.74, 6) is -0.156. The first-order chi connectivity index (χ1) is 9.18. The number of hydrogen-bond donors (Lipinski definition) is 1. The molecule has 1 unspecified atom stereocenters. The minimum Gasteiger partial charge on any atom is -0.310 e. The summed E-state index contributed by atoms with van der Waals surface area (Å²) in [6, 6.07) is 10.7. The summed E-state index contributed by atoms with van der Waals surface area (Å²) in [6.45, 7) is 2.71. The van der Waals surface area contributed by atoms with Gasteiger partial charge < -0.3 is 5.32 Å². The predicted molar refractivity (Wildman–Crippen MR) is 75.8 cm³/mol. The molecule has 1 heterocycles. The summed E-state index contributed by atoms with van der Waals surface area (Å²) in [7, 11) is 0. The Morgan fingerprint density at radius 3 is 2.79 bits per heavy atom. The van der Waals surface area contributed by atoms with Crippen LogP contribution < -0.4 is 5.32 Å². The van der Waals surface area contributed by atoms with Gasteiger partial charge in [-0.15, -0.1) is 0 Å². The van der Waals surface area contributed by atoms with E-state index in [2.05, 4.69) is 10.3 Å². The Hall–Kier alpha value is -1.45. The van der Waals surface area contributed by atoms with Gasteiger partial charge in [0, 0.05) is 17.8 Å². The molecular formula is C15H16ClFN2. The zero-order valence-corrected chi connectivity index (χ0v) is 11.5. The van der Waals surface area contributed by atoms with Gasteiger partial charge in [-0.2, -0.15) is 0 Å². The topological polar surface area (TPSA) is 24.9 Å². The lowest BCUT2D eigenvalue weighted by molar-refractivity contribution is 0.558. The number of benzene rings is 1. The summed E-state index contributed by atoms with van der Waals surface area (Å²) < 4.78 is 13.4. The van der Waals surface area contributed by atoms with Gasteiger partial charge in [0.1, 0.15) is 11.0 Å². The van der Waals surface area contributed by atoms with Crippen molar-refractivity contribution in [1.82, 2.24) is 10.3 Å². The molecule has 0 fully saturated rings. The van der Waals surface area contributed by atoms with E-state index >= 15 is 0 Å². The molecule has 0 aliphatic carbocycles. The SMILES string of the molecule is CC(NCCc1ccccc1F)c1cccnc1Cl. The molecule has 0 amide bonds. The molecular weight excluding hydrogens is 263 g/mol. The van der Waals surface area contributed by atoms with Gasteiger partial charge in [0.15, 0.2) is 0 Å². The first-order valence-corrected chi connectivity index (χ1v) is 6.63. The molecule has 0 saturated heterocycles. The van der Waals surface area contributed by atoms with E-state index in [0.717, 1.165) is 11.1 Å². The maximum absolute atomic E-state index is 13.4. The van der Waals surface area contributed by atoms with Crippen LogP contribution in [0.25, 0.3) is 0 Å². The molecule has 2 aromatic rings. The average molecular weight is 279 g/mol. The summed E-state index contributed by atoms with van der Waals surface area (Å²) in [6.07, 6.45) is 2.31. The molecule has 1 aromatic carbocycles. The second kappa shape index (κ2) is 6.64. The van der Waals surface area contributed by atoms with Crippen LogP contribution in [0, 0.1) is 5.82 Å². The zero-order chi connectivity index (χ0) is 13.7. The van der Waals surface area contributed by atoms with Crippen LogP contribution in [0.2, 0.25) is 5.15 Å². The van der Waals surface area contributed by atoms with Crippen LogP contribution in [0.15, 0.2) is 42.6 Å². The van der Waals surface area contributed by atoms with Crippen molar-refractivity contribution in [3.05, 3.63) is 64.7 Å². The lowest BCUT2D eigenvalue weighted by Gasteiger charge is -2.15. The Morgan fingerprint density at radius 1 is 1.26 bits per heavy atom. The van der Waals surface area contributed by atoms with Crippen molar-refractivity contribution in [3.63, 3.8) is 0 Å². The van der Waals surface area contributed by atoms with Crippen molar-refractivity contribution in [3.8, 4) is 0 Å². The van der Waals surface area contributed by atoms with Crippen molar-refractivity contribution in [2.75, 3.05) is 6.54 Å². The molecule has 0 aliphatic rings. The Bertz CT molecular complexity index is 545. The minimum absolute atomic E-state index is 0.0907. The highest BCUT2D eigenvalue weighted by Crippen LogP contribution is 2.19. The summed E-state index contributed by atoms with van der Waals surface area (Å²) in [5.41, 5.74) is 1.68. The highest BCUT2D eigenvalue weighted by Gasteiger charge is 2.09. The molecule has 0 saturated carbocycles. The van der Waals surface area contributed by atoms with Crippen LogP contribution in [-0.2, 0) is 6.42 Å². The number of halogens is 2. The normalized spacial score (nSPS) is 12.4. The second-order valence-corrected chi connectivity index (χ2v) is 4.76. The number of pyridine rings is 1. The quantitative estimate of drug-likeness (QED) is 0.842. The van der Waals surface area contributed by atoms with E-state index in [-0.39, 0.29) is 11.9 Å². The minimum atomic E-state index is -0.156. The Morgan fingerprint density at radius 2 is 2.05 bits per heavy atom. The van der Waals surface area contributed by atoms with Crippen molar-refractivity contribution >= 4 is 11.6 Å². The molecule has 0 radical (unpaired) electrons. The Balaban J connectivity index is 1.90. The molecule has 1 atom stereocenters. The summed E-state index contributed by atoms with van der Waals surface area (Å²) in [4.78, 5) is 4.05. The number of hydrogen-bond acceptors (Lipinski definition) is 2. The van der Waals surface area contributed by atoms with Crippen LogP contribution in [0.4, 0.5) is 4.39 Å². The lowest BCUT2D eigenvalue weighted by atomic mass is 10.1. The van der Waals surface area contributed by atoms with Gasteiger partial charge in [-0.1, -0.05) is 35.9 Å². The van der Waals surface area contributed by atoms with Crippen molar-refractivity contribution in [2.24, 2.45) is 0 Å². The second-order valence-electron chi connectivity index (χ2n) is 4.40. The van der Waals surface area contributed by atoms with Crippen LogP contribution in [0.1, 0.15) is 24.1 Å². The summed E-state index contributed by atoms with van der Waals surface area (Å²) in [5, 5.41) is 3.83. The highest BCUT2D eigenvalue weighted by molar-refractivity contribution is 6.30. The van der Waals surface area contributed by atoms with Gasteiger partial charge in [0.2, 0.25) is 0 Å². The standard InChI is InChI=1S/C15H16ClFN2/c1-11(13-6-4-9-19-15(13)16)18-10-8-12-5-2-3-7-14(12)17/h2-7,9,11,18H,8,10H2,1H3. The fourth-order valence-corrected chi connectivity index (χ4v) is 2.24. The van der Waals surface area contributed by atoms with Crippen LogP contribution in [-0.4, -0.2) is 11.5 Å². The molecule has 19 heavy (non-hydrogen) atoms.